The monoisotopic (exact) mass is 411 g/mol. The van der Waals surface area contributed by atoms with Gasteiger partial charge in [0, 0.05) is 5.56 Å². The largest absolute Gasteiger partial charge is 0.323 e. The van der Waals surface area contributed by atoms with E-state index in [-0.39, 0.29) is 11.7 Å². The number of nitrogens with one attached hydrogen (secondary N) is 1. The normalized spacial score (nSPS) is 11.0. The molecule has 16 heavy (non-hydrogen) atoms. The van der Waals surface area contributed by atoms with Gasteiger partial charge in [0.1, 0.15) is 0 Å². The van der Waals surface area contributed by atoms with Crippen molar-refractivity contribution in [3.8, 4) is 0 Å². The maximum atomic E-state index is 11.6. The molecular weight excluding hydrogens is 406 g/mol. The van der Waals surface area contributed by atoms with Crippen LogP contribution < -0.4 is 5.32 Å². The van der Waals surface area contributed by atoms with Crippen molar-refractivity contribution in [2.45, 2.75) is 9.07 Å². The Morgan fingerprint density at radius 1 is 1.19 bits per heavy atom. The minimum atomic E-state index is -1.03. The molecule has 0 aliphatic heterocycles. The highest BCUT2D eigenvalue weighted by Crippen LogP contribution is 2.34. The van der Waals surface area contributed by atoms with Gasteiger partial charge in [-0.2, -0.15) is 0 Å². The van der Waals surface area contributed by atoms with Gasteiger partial charge in [-0.05, 0) is 66.8 Å². The van der Waals surface area contributed by atoms with Gasteiger partial charge in [-0.25, -0.2) is 0 Å². The molecule has 0 spiro atoms. The van der Waals surface area contributed by atoms with Gasteiger partial charge < -0.3 is 5.32 Å². The molecule has 0 aliphatic rings. The van der Waals surface area contributed by atoms with Crippen LogP contribution in [-0.4, -0.2) is 13.8 Å². The molecule has 6 heteroatoms. The van der Waals surface area contributed by atoms with Crippen LogP contribution in [0.4, 0.5) is 5.69 Å². The summed E-state index contributed by atoms with van der Waals surface area (Å²) in [7, 11) is 0. The summed E-state index contributed by atoms with van der Waals surface area (Å²) >= 11 is 9.30. The van der Waals surface area contributed by atoms with Crippen LogP contribution >= 0.6 is 47.8 Å². The molecule has 0 heterocycles. The summed E-state index contributed by atoms with van der Waals surface area (Å²) in [5.74, 6) is -0.443. The van der Waals surface area contributed by atoms with Crippen LogP contribution in [-0.2, 0) is 4.79 Å². The van der Waals surface area contributed by atoms with Crippen molar-refractivity contribution in [2.24, 2.45) is 0 Å². The number of carbonyl (C=O) groups excluding carboxylic acids is 2. The Balaban J connectivity index is 2.98. The number of halogens is 3. The second-order valence-corrected chi connectivity index (χ2v) is 9.81. The van der Waals surface area contributed by atoms with Crippen LogP contribution in [0.3, 0.4) is 0 Å². The van der Waals surface area contributed by atoms with E-state index < -0.39 is 2.14 Å². The Morgan fingerprint density at radius 2 is 1.75 bits per heavy atom. The SMILES string of the molecule is CC(=O)c1ccccc1NC(=O)C(Br)(Br)Br. The first-order valence-electron chi connectivity index (χ1n) is 4.30. The molecule has 0 unspecified atom stereocenters. The van der Waals surface area contributed by atoms with E-state index in [2.05, 4.69) is 53.1 Å². The number of amides is 1. The van der Waals surface area contributed by atoms with Crippen LogP contribution in [0, 0.1) is 0 Å². The predicted octanol–water partition coefficient (Wildman–Crippen LogP) is 3.67. The van der Waals surface area contributed by atoms with Crippen molar-refractivity contribution < 1.29 is 9.59 Å². The number of hydrogen-bond acceptors (Lipinski definition) is 2. The van der Waals surface area contributed by atoms with Crippen molar-refractivity contribution in [2.75, 3.05) is 5.32 Å². The van der Waals surface area contributed by atoms with Crippen molar-refractivity contribution in [3.63, 3.8) is 0 Å². The van der Waals surface area contributed by atoms with Gasteiger partial charge in [-0.1, -0.05) is 12.1 Å². The molecule has 0 fully saturated rings. The highest BCUT2D eigenvalue weighted by molar-refractivity contribution is 9.40. The van der Waals surface area contributed by atoms with Crippen LogP contribution in [0.5, 0.6) is 0 Å². The first-order valence-corrected chi connectivity index (χ1v) is 6.68. The highest BCUT2D eigenvalue weighted by Gasteiger charge is 2.29. The molecule has 3 nitrogen and oxygen atoms in total. The first-order chi connectivity index (χ1) is 7.32. The maximum absolute atomic E-state index is 11.6. The summed E-state index contributed by atoms with van der Waals surface area (Å²) in [4.78, 5) is 23.0. The zero-order valence-electron chi connectivity index (χ0n) is 8.26. The third-order valence-electron chi connectivity index (χ3n) is 1.81. The Hall–Kier alpha value is -0.200. The molecular formula is C10H8Br3NO2. The zero-order valence-corrected chi connectivity index (χ0v) is 13.0. The lowest BCUT2D eigenvalue weighted by Crippen LogP contribution is -2.26. The van der Waals surface area contributed by atoms with E-state index in [9.17, 15) is 9.59 Å². The van der Waals surface area contributed by atoms with Crippen LogP contribution in [0.1, 0.15) is 17.3 Å². The second kappa shape index (κ2) is 5.42. The van der Waals surface area contributed by atoms with Gasteiger partial charge in [0.15, 0.2) is 5.78 Å². The number of anilines is 1. The molecule has 1 aromatic carbocycles. The molecule has 1 amide bonds. The van der Waals surface area contributed by atoms with Crippen molar-refractivity contribution in [1.82, 2.24) is 0 Å². The molecule has 1 rings (SSSR count). The number of benzene rings is 1. The molecule has 86 valence electrons. The number of ketones is 1. The van der Waals surface area contributed by atoms with Gasteiger partial charge in [0.25, 0.3) is 5.91 Å². The summed E-state index contributed by atoms with van der Waals surface area (Å²) in [6, 6.07) is 6.83. The summed E-state index contributed by atoms with van der Waals surface area (Å²) in [5.41, 5.74) is 0.968. The Kier molecular flexibility index (Phi) is 4.70. The van der Waals surface area contributed by atoms with Gasteiger partial charge in [0.2, 0.25) is 2.14 Å². The average Bonchev–Trinajstić information content (AvgIpc) is 2.16. The maximum Gasteiger partial charge on any atom is 0.263 e. The Morgan fingerprint density at radius 3 is 2.25 bits per heavy atom. The topological polar surface area (TPSA) is 46.2 Å². The standard InChI is InChI=1S/C10H8Br3NO2/c1-6(15)7-4-2-3-5-8(7)14-9(16)10(11,12)13/h2-5H,1H3,(H,14,16). The van der Waals surface area contributed by atoms with Crippen molar-refractivity contribution >= 4 is 65.2 Å². The second-order valence-electron chi connectivity index (χ2n) is 3.05. The van der Waals surface area contributed by atoms with E-state index in [1.54, 1.807) is 24.3 Å². The fourth-order valence-electron chi connectivity index (χ4n) is 1.09. The fourth-order valence-corrected chi connectivity index (χ4v) is 1.39. The molecule has 0 aromatic heterocycles. The summed E-state index contributed by atoms with van der Waals surface area (Å²) < 4.78 is -1.03. The molecule has 1 aromatic rings. The number of Topliss-reactive ketones (excluding diaryl/α,β-unsaturated/α-hetero) is 1. The fraction of sp³-hybridized carbons (Fsp3) is 0.200. The summed E-state index contributed by atoms with van der Waals surface area (Å²) in [6.45, 7) is 1.45. The third kappa shape index (κ3) is 3.68. The molecule has 0 saturated carbocycles. The lowest BCUT2D eigenvalue weighted by Gasteiger charge is -2.14. The third-order valence-corrected chi connectivity index (χ3v) is 2.89. The van der Waals surface area contributed by atoms with Gasteiger partial charge in [-0.15, -0.1) is 0 Å². The first kappa shape index (κ1) is 13.9. The molecule has 0 radical (unpaired) electrons. The van der Waals surface area contributed by atoms with Gasteiger partial charge >= 0.3 is 0 Å². The number of para-hydroxylation sites is 1. The lowest BCUT2D eigenvalue weighted by atomic mass is 10.1. The molecule has 0 saturated heterocycles. The van der Waals surface area contributed by atoms with Gasteiger partial charge in [0.05, 0.1) is 5.69 Å². The van der Waals surface area contributed by atoms with Crippen molar-refractivity contribution in [3.05, 3.63) is 29.8 Å². The Labute approximate surface area is 118 Å². The van der Waals surface area contributed by atoms with Crippen molar-refractivity contribution in [1.29, 1.82) is 0 Å². The summed E-state index contributed by atoms with van der Waals surface area (Å²) in [6.07, 6.45) is 0. The smallest absolute Gasteiger partial charge is 0.263 e. The van der Waals surface area contributed by atoms with E-state index in [0.29, 0.717) is 11.3 Å². The number of rotatable bonds is 2. The van der Waals surface area contributed by atoms with E-state index in [1.165, 1.54) is 6.92 Å². The molecule has 0 bridgehead atoms. The minimum absolute atomic E-state index is 0.0970. The average molecular weight is 414 g/mol. The van der Waals surface area contributed by atoms with E-state index in [4.69, 9.17) is 0 Å². The number of alkyl halides is 3. The number of hydrogen-bond donors (Lipinski definition) is 1. The van der Waals surface area contributed by atoms with Gasteiger partial charge in [-0.3, -0.25) is 9.59 Å². The quantitative estimate of drug-likeness (QED) is 0.594. The van der Waals surface area contributed by atoms with Crippen LogP contribution in [0.15, 0.2) is 24.3 Å². The molecule has 0 aliphatic carbocycles. The highest BCUT2D eigenvalue weighted by atomic mass is 80.0. The number of carbonyl (C=O) groups is 2. The predicted molar refractivity (Wildman–Crippen MR) is 74.6 cm³/mol. The van der Waals surface area contributed by atoms with E-state index in [1.807, 2.05) is 0 Å². The molecule has 1 N–H and O–H groups in total. The lowest BCUT2D eigenvalue weighted by molar-refractivity contribution is -0.114. The summed E-state index contributed by atoms with van der Waals surface area (Å²) in [5, 5.41) is 2.63. The minimum Gasteiger partial charge on any atom is -0.323 e. The van der Waals surface area contributed by atoms with E-state index in [0.717, 1.165) is 0 Å². The molecule has 0 atom stereocenters. The van der Waals surface area contributed by atoms with Crippen LogP contribution in [0.2, 0.25) is 0 Å². The van der Waals surface area contributed by atoms with E-state index >= 15 is 0 Å². The Bertz CT molecular complexity index is 426. The zero-order chi connectivity index (χ0) is 12.3. The van der Waals surface area contributed by atoms with Crippen LogP contribution in [0.25, 0.3) is 0 Å².